The zero-order chi connectivity index (χ0) is 28.4. The van der Waals surface area contributed by atoms with Crippen LogP contribution in [0.5, 0.6) is 5.75 Å². The van der Waals surface area contributed by atoms with Crippen molar-refractivity contribution in [3.8, 4) is 5.75 Å². The van der Waals surface area contributed by atoms with E-state index in [9.17, 15) is 9.59 Å². The van der Waals surface area contributed by atoms with Crippen LogP contribution in [-0.4, -0.2) is 60.3 Å². The Hall–Kier alpha value is -3.59. The van der Waals surface area contributed by atoms with E-state index in [0.717, 1.165) is 22.7 Å². The standard InChI is InChI=1S/C30H38N4O4S/c1-20-18-33(28(36)38-29(2,3)4)16-17-34(20)23-12-8-21(9-13-23)26(35)32-27-31-25(19-39-27)30(5,6)22-10-14-24(37-7)15-11-22/h8-15,19-20H,16-18H2,1-7H3,(H,31,32,35). The average Bonchev–Trinajstić information content (AvgIpc) is 3.37. The third kappa shape index (κ3) is 6.71. The van der Waals surface area contributed by atoms with Crippen molar-refractivity contribution in [2.24, 2.45) is 0 Å². The molecule has 3 aromatic rings. The Labute approximate surface area is 234 Å². The third-order valence-electron chi connectivity index (χ3n) is 6.92. The number of hydrogen-bond acceptors (Lipinski definition) is 7. The molecule has 1 aliphatic rings. The Kier molecular flexibility index (Phi) is 8.20. The lowest BCUT2D eigenvalue weighted by Gasteiger charge is -2.41. The Morgan fingerprint density at radius 2 is 1.67 bits per heavy atom. The maximum absolute atomic E-state index is 13.0. The minimum Gasteiger partial charge on any atom is -0.497 e. The first-order valence-corrected chi connectivity index (χ1v) is 14.0. The first kappa shape index (κ1) is 28.4. The fourth-order valence-corrected chi connectivity index (χ4v) is 5.45. The highest BCUT2D eigenvalue weighted by Crippen LogP contribution is 2.34. The molecule has 0 bridgehead atoms. The summed E-state index contributed by atoms with van der Waals surface area (Å²) in [5.74, 6) is 0.608. The summed E-state index contributed by atoms with van der Waals surface area (Å²) in [7, 11) is 1.65. The van der Waals surface area contributed by atoms with Crippen LogP contribution in [0, 0.1) is 0 Å². The summed E-state index contributed by atoms with van der Waals surface area (Å²) < 4.78 is 10.8. The maximum atomic E-state index is 13.0. The monoisotopic (exact) mass is 550 g/mol. The number of methoxy groups -OCH3 is 1. The highest BCUT2D eigenvalue weighted by atomic mass is 32.1. The molecular weight excluding hydrogens is 512 g/mol. The van der Waals surface area contributed by atoms with Gasteiger partial charge < -0.3 is 19.3 Å². The van der Waals surface area contributed by atoms with Crippen LogP contribution in [0.25, 0.3) is 0 Å². The summed E-state index contributed by atoms with van der Waals surface area (Å²) in [6.07, 6.45) is -0.279. The quantitative estimate of drug-likeness (QED) is 0.395. The molecular formula is C30H38N4O4S. The van der Waals surface area contributed by atoms with Gasteiger partial charge in [-0.1, -0.05) is 26.0 Å². The second kappa shape index (κ2) is 11.3. The number of piperazine rings is 1. The number of hydrogen-bond donors (Lipinski definition) is 1. The molecule has 8 nitrogen and oxygen atoms in total. The first-order valence-electron chi connectivity index (χ1n) is 13.1. The van der Waals surface area contributed by atoms with Crippen molar-refractivity contribution in [3.05, 3.63) is 70.7 Å². The molecule has 208 valence electrons. The molecule has 0 radical (unpaired) electrons. The highest BCUT2D eigenvalue weighted by molar-refractivity contribution is 7.14. The van der Waals surface area contributed by atoms with Crippen molar-refractivity contribution in [2.45, 2.75) is 58.6 Å². The topological polar surface area (TPSA) is 84.0 Å². The number of carbonyl (C=O) groups excluding carboxylic acids is 2. The van der Waals surface area contributed by atoms with Crippen LogP contribution in [0.3, 0.4) is 0 Å². The molecule has 2 amide bonds. The van der Waals surface area contributed by atoms with Gasteiger partial charge in [-0.05, 0) is 69.7 Å². The lowest BCUT2D eigenvalue weighted by molar-refractivity contribution is 0.0218. The zero-order valence-electron chi connectivity index (χ0n) is 23.8. The first-order chi connectivity index (χ1) is 18.4. The van der Waals surface area contributed by atoms with Crippen molar-refractivity contribution < 1.29 is 19.1 Å². The fourth-order valence-electron chi connectivity index (χ4n) is 4.58. The average molecular weight is 551 g/mol. The molecule has 1 N–H and O–H groups in total. The fraction of sp³-hybridized carbons (Fsp3) is 0.433. The van der Waals surface area contributed by atoms with E-state index in [0.29, 0.717) is 30.3 Å². The molecule has 0 spiro atoms. The van der Waals surface area contributed by atoms with Crippen LogP contribution in [0.1, 0.15) is 63.2 Å². The van der Waals surface area contributed by atoms with Gasteiger partial charge in [0, 0.05) is 47.7 Å². The summed E-state index contributed by atoms with van der Waals surface area (Å²) in [6, 6.07) is 15.6. The molecule has 0 aliphatic carbocycles. The van der Waals surface area contributed by atoms with Gasteiger partial charge in [0.1, 0.15) is 11.4 Å². The van der Waals surface area contributed by atoms with E-state index in [1.54, 1.807) is 12.0 Å². The van der Waals surface area contributed by atoms with Crippen LogP contribution in [0.4, 0.5) is 15.6 Å². The molecule has 1 atom stereocenters. The largest absolute Gasteiger partial charge is 0.497 e. The Morgan fingerprint density at radius 3 is 2.26 bits per heavy atom. The number of ether oxygens (including phenoxy) is 2. The minimum absolute atomic E-state index is 0.119. The molecule has 4 rings (SSSR count). The van der Waals surface area contributed by atoms with Gasteiger partial charge in [0.15, 0.2) is 5.13 Å². The number of rotatable bonds is 6. The zero-order valence-corrected chi connectivity index (χ0v) is 24.6. The number of thiazole rings is 1. The molecule has 0 saturated carbocycles. The third-order valence-corrected chi connectivity index (χ3v) is 7.67. The van der Waals surface area contributed by atoms with E-state index in [2.05, 4.69) is 31.0 Å². The van der Waals surface area contributed by atoms with Crippen LogP contribution in [0.2, 0.25) is 0 Å². The van der Waals surface area contributed by atoms with Crippen LogP contribution in [0.15, 0.2) is 53.9 Å². The molecule has 1 fully saturated rings. The molecule has 1 unspecified atom stereocenters. The van der Waals surface area contributed by atoms with E-state index >= 15 is 0 Å². The number of anilines is 2. The number of aromatic nitrogens is 1. The van der Waals surface area contributed by atoms with Gasteiger partial charge in [0.25, 0.3) is 5.91 Å². The molecule has 2 heterocycles. The Morgan fingerprint density at radius 1 is 1.00 bits per heavy atom. The predicted molar refractivity (Wildman–Crippen MR) is 156 cm³/mol. The van der Waals surface area contributed by atoms with Crippen molar-refractivity contribution in [2.75, 3.05) is 37.0 Å². The van der Waals surface area contributed by atoms with Gasteiger partial charge in [-0.15, -0.1) is 11.3 Å². The number of carbonyl (C=O) groups is 2. The smallest absolute Gasteiger partial charge is 0.410 e. The Balaban J connectivity index is 1.37. The lowest BCUT2D eigenvalue weighted by atomic mass is 9.82. The van der Waals surface area contributed by atoms with Crippen LogP contribution < -0.4 is 15.0 Å². The lowest BCUT2D eigenvalue weighted by Crippen LogP contribution is -2.54. The van der Waals surface area contributed by atoms with Gasteiger partial charge in [0.2, 0.25) is 0 Å². The molecule has 1 aliphatic heterocycles. The van der Waals surface area contributed by atoms with Gasteiger partial charge in [-0.3, -0.25) is 10.1 Å². The number of amides is 2. The Bertz CT molecular complexity index is 1300. The van der Waals surface area contributed by atoms with Crippen molar-refractivity contribution in [1.82, 2.24) is 9.88 Å². The van der Waals surface area contributed by atoms with E-state index in [-0.39, 0.29) is 23.5 Å². The normalized spacial score (nSPS) is 16.1. The second-order valence-corrected chi connectivity index (χ2v) is 12.2. The van der Waals surface area contributed by atoms with Crippen LogP contribution in [-0.2, 0) is 10.2 Å². The molecule has 39 heavy (non-hydrogen) atoms. The summed E-state index contributed by atoms with van der Waals surface area (Å²) in [5.41, 5.74) is 2.75. The minimum atomic E-state index is -0.513. The number of benzene rings is 2. The van der Waals surface area contributed by atoms with Gasteiger partial charge in [0.05, 0.1) is 12.8 Å². The predicted octanol–water partition coefficient (Wildman–Crippen LogP) is 6.18. The number of nitrogens with one attached hydrogen (secondary N) is 1. The van der Waals surface area contributed by atoms with Gasteiger partial charge >= 0.3 is 6.09 Å². The van der Waals surface area contributed by atoms with Crippen molar-refractivity contribution >= 4 is 34.2 Å². The highest BCUT2D eigenvalue weighted by Gasteiger charge is 2.30. The molecule has 1 saturated heterocycles. The van der Waals surface area contributed by atoms with Gasteiger partial charge in [-0.2, -0.15) is 0 Å². The molecule has 1 aromatic heterocycles. The van der Waals surface area contributed by atoms with Gasteiger partial charge in [-0.25, -0.2) is 9.78 Å². The second-order valence-electron chi connectivity index (χ2n) is 11.4. The summed E-state index contributed by atoms with van der Waals surface area (Å²) in [4.78, 5) is 34.1. The SMILES string of the molecule is COc1ccc(C(C)(C)c2csc(NC(=O)c3ccc(N4CCN(C(=O)OC(C)(C)C)CC4C)cc3)n2)cc1. The van der Waals surface area contributed by atoms with Crippen molar-refractivity contribution in [1.29, 1.82) is 0 Å². The van der Waals surface area contributed by atoms with E-state index in [1.807, 2.05) is 74.7 Å². The summed E-state index contributed by atoms with van der Waals surface area (Å²) in [5, 5.41) is 5.49. The number of nitrogens with zero attached hydrogens (tertiary/aromatic N) is 3. The summed E-state index contributed by atoms with van der Waals surface area (Å²) >= 11 is 1.42. The van der Waals surface area contributed by atoms with Crippen molar-refractivity contribution in [3.63, 3.8) is 0 Å². The molecule has 2 aromatic carbocycles. The molecule has 9 heteroatoms. The van der Waals surface area contributed by atoms with E-state index in [4.69, 9.17) is 14.5 Å². The van der Waals surface area contributed by atoms with E-state index in [1.165, 1.54) is 11.3 Å². The van der Waals surface area contributed by atoms with E-state index < -0.39 is 5.60 Å². The maximum Gasteiger partial charge on any atom is 0.410 e. The summed E-state index contributed by atoms with van der Waals surface area (Å²) in [6.45, 7) is 13.8. The van der Waals surface area contributed by atoms with Crippen LogP contribution >= 0.6 is 11.3 Å².